The van der Waals surface area contributed by atoms with Crippen molar-refractivity contribution in [3.05, 3.63) is 101 Å². The van der Waals surface area contributed by atoms with Crippen LogP contribution >= 0.6 is 11.6 Å². The highest BCUT2D eigenvalue weighted by atomic mass is 35.5. The Bertz CT molecular complexity index is 1250. The lowest BCUT2D eigenvalue weighted by atomic mass is 9.85. The van der Waals surface area contributed by atoms with Gasteiger partial charge in [-0.25, -0.2) is 0 Å². The highest BCUT2D eigenvalue weighted by Crippen LogP contribution is 2.36. The molecule has 0 saturated carbocycles. The van der Waals surface area contributed by atoms with E-state index in [2.05, 4.69) is 15.1 Å². The van der Waals surface area contributed by atoms with Crippen LogP contribution in [-0.2, 0) is 4.79 Å². The number of carbonyl (C=O) groups is 3. The number of aryl methyl sites for hydroxylation is 1. The average Bonchev–Trinajstić information content (AvgIpc) is 3.25. The highest BCUT2D eigenvalue weighted by molar-refractivity contribution is 6.30. The molecule has 0 radical (unpaired) electrons. The van der Waals surface area contributed by atoms with Crippen LogP contribution in [0.2, 0.25) is 5.02 Å². The zero-order valence-electron chi connectivity index (χ0n) is 21.4. The maximum atomic E-state index is 13.5. The second-order valence-electron chi connectivity index (χ2n) is 9.94. The molecule has 5 rings (SSSR count). The molecule has 0 bridgehead atoms. The number of imide groups is 1. The van der Waals surface area contributed by atoms with Gasteiger partial charge in [-0.1, -0.05) is 47.5 Å². The summed E-state index contributed by atoms with van der Waals surface area (Å²) in [6.45, 7) is 4.61. The molecular weight excluding hydrogens is 500 g/mol. The fraction of sp³-hybridized carbons (Fsp3) is 0.300. The van der Waals surface area contributed by atoms with Gasteiger partial charge in [0.05, 0.1) is 6.67 Å². The van der Waals surface area contributed by atoms with Gasteiger partial charge in [-0.2, -0.15) is 0 Å². The molecule has 2 heterocycles. The van der Waals surface area contributed by atoms with Crippen molar-refractivity contribution < 1.29 is 14.4 Å². The summed E-state index contributed by atoms with van der Waals surface area (Å²) in [5, 5.41) is 3.56. The summed E-state index contributed by atoms with van der Waals surface area (Å²) in [6.07, 6.45) is 1.34. The molecule has 38 heavy (non-hydrogen) atoms. The van der Waals surface area contributed by atoms with Crippen molar-refractivity contribution in [2.45, 2.75) is 25.3 Å². The molecule has 3 aromatic carbocycles. The van der Waals surface area contributed by atoms with Crippen LogP contribution in [0.1, 0.15) is 39.1 Å². The highest BCUT2D eigenvalue weighted by Gasteiger charge is 2.50. The predicted octanol–water partition coefficient (Wildman–Crippen LogP) is 4.36. The minimum Gasteiger partial charge on any atom is -0.339 e. The van der Waals surface area contributed by atoms with Gasteiger partial charge >= 0.3 is 0 Å². The van der Waals surface area contributed by atoms with E-state index in [1.54, 1.807) is 36.4 Å². The molecule has 2 aliphatic heterocycles. The van der Waals surface area contributed by atoms with Gasteiger partial charge in [0.25, 0.3) is 11.8 Å². The van der Waals surface area contributed by atoms with Crippen molar-refractivity contribution in [1.82, 2.24) is 15.1 Å². The first-order valence-corrected chi connectivity index (χ1v) is 13.3. The summed E-state index contributed by atoms with van der Waals surface area (Å²) in [4.78, 5) is 45.6. The zero-order valence-corrected chi connectivity index (χ0v) is 22.2. The number of para-hydroxylation sites is 1. The number of halogens is 1. The zero-order chi connectivity index (χ0) is 26.7. The number of carbonyl (C=O) groups excluding carboxylic acids is 3. The van der Waals surface area contributed by atoms with E-state index in [0.29, 0.717) is 55.3 Å². The fourth-order valence-corrected chi connectivity index (χ4v) is 5.44. The summed E-state index contributed by atoms with van der Waals surface area (Å²) in [5.74, 6) is -0.620. The SMILES string of the molecule is Cc1ccc(C(=O)N(CCN2CCC3(CC2)C(=O)NCN3c2ccccc2)C(=O)c2ccc(Cl)cc2)cc1. The maximum absolute atomic E-state index is 13.5. The fourth-order valence-electron chi connectivity index (χ4n) is 5.32. The van der Waals surface area contributed by atoms with E-state index in [-0.39, 0.29) is 24.3 Å². The van der Waals surface area contributed by atoms with Crippen LogP contribution in [0.5, 0.6) is 0 Å². The van der Waals surface area contributed by atoms with Crippen LogP contribution in [0.3, 0.4) is 0 Å². The largest absolute Gasteiger partial charge is 0.339 e. The lowest BCUT2D eigenvalue weighted by Crippen LogP contribution is -2.57. The normalized spacial score (nSPS) is 16.9. The predicted molar refractivity (Wildman–Crippen MR) is 148 cm³/mol. The minimum atomic E-state index is -0.575. The van der Waals surface area contributed by atoms with Gasteiger partial charge in [0.1, 0.15) is 5.54 Å². The maximum Gasteiger partial charge on any atom is 0.260 e. The Hall–Kier alpha value is -3.68. The van der Waals surface area contributed by atoms with Gasteiger partial charge < -0.3 is 15.1 Å². The second-order valence-corrected chi connectivity index (χ2v) is 10.4. The lowest BCUT2D eigenvalue weighted by Gasteiger charge is -2.43. The van der Waals surface area contributed by atoms with Crippen molar-refractivity contribution in [2.75, 3.05) is 37.7 Å². The second kappa shape index (κ2) is 11.0. The quantitative estimate of drug-likeness (QED) is 0.479. The van der Waals surface area contributed by atoms with Crippen LogP contribution in [0.25, 0.3) is 0 Å². The first-order chi connectivity index (χ1) is 18.4. The van der Waals surface area contributed by atoms with Crippen LogP contribution in [0.4, 0.5) is 5.69 Å². The molecule has 0 atom stereocenters. The van der Waals surface area contributed by atoms with E-state index in [4.69, 9.17) is 11.6 Å². The van der Waals surface area contributed by atoms with Crippen molar-refractivity contribution in [1.29, 1.82) is 0 Å². The number of benzene rings is 3. The Morgan fingerprint density at radius 3 is 2.08 bits per heavy atom. The summed E-state index contributed by atoms with van der Waals surface area (Å²) in [7, 11) is 0. The third kappa shape index (κ3) is 5.17. The molecule has 3 amide bonds. The Morgan fingerprint density at radius 2 is 1.47 bits per heavy atom. The van der Waals surface area contributed by atoms with E-state index in [1.165, 1.54) is 4.90 Å². The standard InChI is InChI=1S/C30H31ClN4O3/c1-22-7-9-23(10-8-22)27(36)34(28(37)24-11-13-25(31)14-12-24)20-19-33-17-15-30(16-18-33)29(38)32-21-35(30)26-5-3-2-4-6-26/h2-14H,15-21H2,1H3,(H,32,38). The van der Waals surface area contributed by atoms with Crippen molar-refractivity contribution in [2.24, 2.45) is 0 Å². The van der Waals surface area contributed by atoms with E-state index in [1.807, 2.05) is 49.4 Å². The number of likely N-dealkylation sites (tertiary alicyclic amines) is 1. The van der Waals surface area contributed by atoms with Gasteiger partial charge in [0.15, 0.2) is 0 Å². The van der Waals surface area contributed by atoms with E-state index < -0.39 is 5.54 Å². The lowest BCUT2D eigenvalue weighted by molar-refractivity contribution is -0.125. The van der Waals surface area contributed by atoms with Crippen molar-refractivity contribution >= 4 is 35.0 Å². The number of hydrogen-bond acceptors (Lipinski definition) is 5. The molecule has 2 fully saturated rings. The van der Waals surface area contributed by atoms with Gasteiger partial charge in [-0.05, 0) is 68.3 Å². The number of piperidine rings is 1. The Kier molecular flexibility index (Phi) is 7.49. The number of nitrogens with one attached hydrogen (secondary N) is 1. The summed E-state index contributed by atoms with van der Waals surface area (Å²) in [5.41, 5.74) is 2.38. The summed E-state index contributed by atoms with van der Waals surface area (Å²) in [6, 6.07) is 23.8. The molecule has 1 N–H and O–H groups in total. The molecule has 196 valence electrons. The first-order valence-electron chi connectivity index (χ1n) is 12.9. The number of rotatable bonds is 6. The monoisotopic (exact) mass is 530 g/mol. The third-order valence-electron chi connectivity index (χ3n) is 7.61. The Morgan fingerprint density at radius 1 is 0.895 bits per heavy atom. The molecule has 1 spiro atoms. The van der Waals surface area contributed by atoms with Gasteiger partial charge in [-0.3, -0.25) is 19.3 Å². The third-order valence-corrected chi connectivity index (χ3v) is 7.86. The molecule has 7 nitrogen and oxygen atoms in total. The molecular formula is C30H31ClN4O3. The summed E-state index contributed by atoms with van der Waals surface area (Å²) < 4.78 is 0. The molecule has 0 unspecified atom stereocenters. The van der Waals surface area contributed by atoms with E-state index in [9.17, 15) is 14.4 Å². The topological polar surface area (TPSA) is 73.0 Å². The molecule has 0 aliphatic carbocycles. The van der Waals surface area contributed by atoms with Crippen molar-refractivity contribution in [3.63, 3.8) is 0 Å². The average molecular weight is 531 g/mol. The molecule has 3 aromatic rings. The van der Waals surface area contributed by atoms with Gasteiger partial charge in [0, 0.05) is 48.0 Å². The van der Waals surface area contributed by atoms with E-state index in [0.717, 1.165) is 11.3 Å². The molecule has 0 aromatic heterocycles. The van der Waals surface area contributed by atoms with Crippen molar-refractivity contribution in [3.8, 4) is 0 Å². The van der Waals surface area contributed by atoms with Gasteiger partial charge in [-0.15, -0.1) is 0 Å². The van der Waals surface area contributed by atoms with E-state index >= 15 is 0 Å². The van der Waals surface area contributed by atoms with Crippen LogP contribution in [0.15, 0.2) is 78.9 Å². The molecule has 2 saturated heterocycles. The van der Waals surface area contributed by atoms with Crippen LogP contribution in [0, 0.1) is 6.92 Å². The summed E-state index contributed by atoms with van der Waals surface area (Å²) >= 11 is 6.01. The number of anilines is 1. The Labute approximate surface area is 228 Å². The van der Waals surface area contributed by atoms with Crippen LogP contribution in [-0.4, -0.2) is 65.9 Å². The molecule has 2 aliphatic rings. The first kappa shape index (κ1) is 25.9. The molecule has 8 heteroatoms. The number of amides is 3. The van der Waals surface area contributed by atoms with Gasteiger partial charge in [0.2, 0.25) is 5.91 Å². The minimum absolute atomic E-state index is 0.0649. The number of nitrogens with zero attached hydrogens (tertiary/aromatic N) is 3. The number of hydrogen-bond donors (Lipinski definition) is 1. The smallest absolute Gasteiger partial charge is 0.260 e. The van der Waals surface area contributed by atoms with Crippen LogP contribution < -0.4 is 10.2 Å². The Balaban J connectivity index is 1.29.